The van der Waals surface area contributed by atoms with E-state index in [1.165, 1.54) is 4.68 Å². The Morgan fingerprint density at radius 1 is 1.03 bits per heavy atom. The average molecular weight is 420 g/mol. The van der Waals surface area contributed by atoms with Crippen LogP contribution >= 0.6 is 11.6 Å². The van der Waals surface area contributed by atoms with Crippen LogP contribution in [0.25, 0.3) is 5.69 Å². The Morgan fingerprint density at radius 2 is 1.77 bits per heavy atom. The lowest BCUT2D eigenvalue weighted by molar-refractivity contribution is 0.0746. The van der Waals surface area contributed by atoms with Crippen LogP contribution in [0.3, 0.4) is 0 Å². The van der Waals surface area contributed by atoms with Crippen LogP contribution in [0.1, 0.15) is 15.9 Å². The molecule has 2 aromatic carbocycles. The van der Waals surface area contributed by atoms with Crippen molar-refractivity contribution in [2.75, 3.05) is 31.1 Å². The fourth-order valence-corrected chi connectivity index (χ4v) is 3.70. The van der Waals surface area contributed by atoms with Crippen molar-refractivity contribution in [2.45, 2.75) is 0 Å². The highest BCUT2D eigenvalue weighted by Gasteiger charge is 2.25. The molecule has 0 unspecified atom stereocenters. The first-order valence-corrected chi connectivity index (χ1v) is 9.84. The maximum atomic E-state index is 12.7. The second kappa shape index (κ2) is 8.39. The zero-order chi connectivity index (χ0) is 21.1. The van der Waals surface area contributed by atoms with Crippen molar-refractivity contribution < 1.29 is 4.79 Å². The van der Waals surface area contributed by atoms with Crippen LogP contribution < -0.4 is 10.5 Å². The summed E-state index contributed by atoms with van der Waals surface area (Å²) >= 11 is 6.38. The van der Waals surface area contributed by atoms with E-state index in [-0.39, 0.29) is 16.5 Å². The Balaban J connectivity index is 1.49. The molecule has 0 saturated carbocycles. The number of anilines is 1. The van der Waals surface area contributed by atoms with Crippen molar-refractivity contribution in [3.63, 3.8) is 0 Å². The lowest BCUT2D eigenvalue weighted by Crippen LogP contribution is -2.49. The summed E-state index contributed by atoms with van der Waals surface area (Å²) in [4.78, 5) is 29.1. The molecule has 1 fully saturated rings. The molecule has 7 nitrogen and oxygen atoms in total. The SMILES string of the molecule is N#Cc1cccc(C(=O)N2CCN(c3cnn(-c4ccccc4)c(=O)c3Cl)CC2)c1. The molecule has 1 aliphatic rings. The number of hydrogen-bond donors (Lipinski definition) is 0. The van der Waals surface area contributed by atoms with Gasteiger partial charge in [0.2, 0.25) is 0 Å². The first-order valence-electron chi connectivity index (χ1n) is 9.46. The zero-order valence-electron chi connectivity index (χ0n) is 16.0. The molecule has 30 heavy (non-hydrogen) atoms. The van der Waals surface area contributed by atoms with Gasteiger partial charge in [-0.3, -0.25) is 9.59 Å². The summed E-state index contributed by atoms with van der Waals surface area (Å²) in [5, 5.41) is 13.4. The Hall–Kier alpha value is -3.63. The second-order valence-corrected chi connectivity index (χ2v) is 7.25. The fraction of sp³-hybridized carbons (Fsp3) is 0.182. The lowest BCUT2D eigenvalue weighted by atomic mass is 10.1. The standard InChI is InChI=1S/C22H18ClN5O2/c23-20-19(15-25-28(22(20)30)18-7-2-1-3-8-18)26-9-11-27(12-10-26)21(29)17-6-4-5-16(13-17)14-24/h1-8,13,15H,9-12H2. The van der Waals surface area contributed by atoms with E-state index in [2.05, 4.69) is 5.10 Å². The molecule has 0 N–H and O–H groups in total. The van der Waals surface area contributed by atoms with Crippen molar-refractivity contribution in [1.29, 1.82) is 5.26 Å². The third-order valence-corrected chi connectivity index (χ3v) is 5.40. The van der Waals surface area contributed by atoms with Crippen molar-refractivity contribution in [3.05, 3.63) is 87.3 Å². The topological polar surface area (TPSA) is 82.2 Å². The summed E-state index contributed by atoms with van der Waals surface area (Å²) in [5.74, 6) is -0.115. The van der Waals surface area contributed by atoms with Crippen LogP contribution in [0, 0.1) is 11.3 Å². The second-order valence-electron chi connectivity index (χ2n) is 6.87. The normalized spacial score (nSPS) is 13.7. The smallest absolute Gasteiger partial charge is 0.292 e. The lowest BCUT2D eigenvalue weighted by Gasteiger charge is -2.36. The highest BCUT2D eigenvalue weighted by atomic mass is 35.5. The van der Waals surface area contributed by atoms with Gasteiger partial charge in [-0.15, -0.1) is 0 Å². The van der Waals surface area contributed by atoms with Crippen molar-refractivity contribution >= 4 is 23.2 Å². The molecule has 0 bridgehead atoms. The van der Waals surface area contributed by atoms with E-state index in [1.54, 1.807) is 47.5 Å². The summed E-state index contributed by atoms with van der Waals surface area (Å²) in [6.07, 6.45) is 1.59. The van der Waals surface area contributed by atoms with Crippen LogP contribution in [0.15, 0.2) is 65.6 Å². The number of hydrogen-bond acceptors (Lipinski definition) is 5. The average Bonchev–Trinajstić information content (AvgIpc) is 2.81. The van der Waals surface area contributed by atoms with Gasteiger partial charge in [-0.05, 0) is 30.3 Å². The maximum absolute atomic E-state index is 12.7. The van der Waals surface area contributed by atoms with Crippen molar-refractivity contribution in [2.24, 2.45) is 0 Å². The van der Waals surface area contributed by atoms with Gasteiger partial charge in [0.15, 0.2) is 0 Å². The van der Waals surface area contributed by atoms with Crippen molar-refractivity contribution in [3.8, 4) is 11.8 Å². The largest absolute Gasteiger partial charge is 0.365 e. The molecule has 8 heteroatoms. The summed E-state index contributed by atoms with van der Waals surface area (Å²) in [7, 11) is 0. The van der Waals surface area contributed by atoms with E-state index in [0.717, 1.165) is 0 Å². The number of nitrogens with zero attached hydrogens (tertiary/aromatic N) is 5. The molecule has 0 aliphatic carbocycles. The predicted octanol–water partition coefficient (Wildman–Crippen LogP) is 2.72. The third-order valence-electron chi connectivity index (χ3n) is 5.05. The monoisotopic (exact) mass is 419 g/mol. The van der Waals surface area contributed by atoms with E-state index in [0.29, 0.717) is 48.7 Å². The third kappa shape index (κ3) is 3.78. The highest BCUT2D eigenvalue weighted by Crippen LogP contribution is 2.23. The van der Waals surface area contributed by atoms with Crippen LogP contribution in [-0.2, 0) is 0 Å². The summed E-state index contributed by atoms with van der Waals surface area (Å²) in [5.41, 5.74) is 1.77. The number of amides is 1. The zero-order valence-corrected chi connectivity index (χ0v) is 16.8. The number of piperazine rings is 1. The Kier molecular flexibility index (Phi) is 5.50. The van der Waals surface area contributed by atoms with E-state index in [9.17, 15) is 9.59 Å². The number of carbonyl (C=O) groups is 1. The van der Waals surface area contributed by atoms with Gasteiger partial charge in [0.1, 0.15) is 5.02 Å². The molecule has 0 radical (unpaired) electrons. The molecular formula is C22H18ClN5O2. The highest BCUT2D eigenvalue weighted by molar-refractivity contribution is 6.33. The van der Waals surface area contributed by atoms with Crippen LogP contribution in [0.4, 0.5) is 5.69 Å². The predicted molar refractivity (Wildman–Crippen MR) is 114 cm³/mol. The minimum Gasteiger partial charge on any atom is -0.365 e. The van der Waals surface area contributed by atoms with Gasteiger partial charge in [0.25, 0.3) is 11.5 Å². The van der Waals surface area contributed by atoms with Gasteiger partial charge in [0.05, 0.1) is 29.2 Å². The molecule has 150 valence electrons. The Bertz CT molecular complexity index is 1180. The Morgan fingerprint density at radius 3 is 2.47 bits per heavy atom. The van der Waals surface area contributed by atoms with Crippen LogP contribution in [0.5, 0.6) is 0 Å². The Labute approximate surface area is 178 Å². The maximum Gasteiger partial charge on any atom is 0.292 e. The molecule has 0 spiro atoms. The van der Waals surface area contributed by atoms with E-state index in [1.807, 2.05) is 29.2 Å². The van der Waals surface area contributed by atoms with Crippen LogP contribution in [-0.4, -0.2) is 46.8 Å². The van der Waals surface area contributed by atoms with Crippen molar-refractivity contribution in [1.82, 2.24) is 14.7 Å². The molecule has 2 heterocycles. The van der Waals surface area contributed by atoms with Gasteiger partial charge in [-0.2, -0.15) is 15.0 Å². The molecular weight excluding hydrogens is 402 g/mol. The van der Waals surface area contributed by atoms with E-state index < -0.39 is 0 Å². The number of para-hydroxylation sites is 1. The number of aromatic nitrogens is 2. The molecule has 3 aromatic rings. The molecule has 4 rings (SSSR count). The molecule has 1 saturated heterocycles. The number of halogens is 1. The number of carbonyl (C=O) groups excluding carboxylic acids is 1. The van der Waals surface area contributed by atoms with Crippen LogP contribution in [0.2, 0.25) is 5.02 Å². The van der Waals surface area contributed by atoms with E-state index in [4.69, 9.17) is 16.9 Å². The fourth-order valence-electron chi connectivity index (χ4n) is 3.45. The first-order chi connectivity index (χ1) is 14.6. The molecule has 1 aliphatic heterocycles. The number of rotatable bonds is 3. The summed E-state index contributed by atoms with van der Waals surface area (Å²) in [6, 6.07) is 17.8. The van der Waals surface area contributed by atoms with Gasteiger partial charge in [-0.1, -0.05) is 35.9 Å². The number of nitriles is 1. The summed E-state index contributed by atoms with van der Waals surface area (Å²) in [6.45, 7) is 2.02. The molecule has 1 amide bonds. The first kappa shape index (κ1) is 19.7. The quantitative estimate of drug-likeness (QED) is 0.652. The minimum atomic E-state index is -0.382. The summed E-state index contributed by atoms with van der Waals surface area (Å²) < 4.78 is 1.27. The number of benzene rings is 2. The molecule has 0 atom stereocenters. The van der Waals surface area contributed by atoms with Gasteiger partial charge in [0, 0.05) is 31.7 Å². The molecule has 1 aromatic heterocycles. The van der Waals surface area contributed by atoms with Gasteiger partial charge >= 0.3 is 0 Å². The van der Waals surface area contributed by atoms with E-state index >= 15 is 0 Å². The van der Waals surface area contributed by atoms with Gasteiger partial charge in [-0.25, -0.2) is 0 Å². The van der Waals surface area contributed by atoms with Gasteiger partial charge < -0.3 is 9.80 Å². The minimum absolute atomic E-state index is 0.107.